The second-order valence-electron chi connectivity index (χ2n) is 8.04. The molecular formula is C23H25F3N8OS. The van der Waals surface area contributed by atoms with Crippen molar-refractivity contribution in [3.63, 3.8) is 0 Å². The fraction of sp³-hybridized carbons (Fsp3) is 0.304. The summed E-state index contributed by atoms with van der Waals surface area (Å²) >= 11 is -0.920. The number of halogens is 3. The first-order valence-corrected chi connectivity index (χ1v) is 12.9. The van der Waals surface area contributed by atoms with Gasteiger partial charge >= 0.3 is 6.18 Å². The molecule has 0 saturated heterocycles. The Balaban J connectivity index is 1.84. The van der Waals surface area contributed by atoms with Crippen molar-refractivity contribution in [3.05, 3.63) is 60.3 Å². The molecule has 0 saturated carbocycles. The molecule has 0 amide bonds. The Labute approximate surface area is 208 Å². The van der Waals surface area contributed by atoms with Gasteiger partial charge in [-0.2, -0.15) is 28.6 Å². The van der Waals surface area contributed by atoms with E-state index in [2.05, 4.69) is 15.1 Å². The van der Waals surface area contributed by atoms with Gasteiger partial charge in [-0.15, -0.1) is 11.2 Å². The van der Waals surface area contributed by atoms with Crippen LogP contribution in [0.2, 0.25) is 0 Å². The van der Waals surface area contributed by atoms with Crippen LogP contribution in [0.3, 0.4) is 0 Å². The molecule has 0 fully saturated rings. The highest BCUT2D eigenvalue weighted by atomic mass is 32.2. The predicted molar refractivity (Wildman–Crippen MR) is 133 cm³/mol. The number of alkyl halides is 3. The number of benzene rings is 1. The minimum absolute atomic E-state index is 0.163. The van der Waals surface area contributed by atoms with Gasteiger partial charge in [-0.05, 0) is 49.6 Å². The van der Waals surface area contributed by atoms with Gasteiger partial charge in [0.2, 0.25) is 5.82 Å². The lowest BCUT2D eigenvalue weighted by molar-refractivity contribution is -0.141. The van der Waals surface area contributed by atoms with Gasteiger partial charge in [-0.1, -0.05) is 12.1 Å². The largest absolute Gasteiger partial charge is 0.435 e. The predicted octanol–water partition coefficient (Wildman–Crippen LogP) is 4.41. The number of hydrogen-bond donors (Lipinski definition) is 2. The summed E-state index contributed by atoms with van der Waals surface area (Å²) in [5.74, 6) is 1.10. The molecule has 0 bridgehead atoms. The molecule has 1 atom stereocenters. The number of nitrogens with two attached hydrogens (primary N) is 1. The van der Waals surface area contributed by atoms with Gasteiger partial charge in [0.25, 0.3) is 0 Å². The van der Waals surface area contributed by atoms with Crippen LogP contribution in [0.25, 0.3) is 16.9 Å². The SMILES string of the molecule is Cc1cccc(N(O[SH](C)CCCN)c2nccn3c(-c4cn(CC#N)nc4C(F)(F)F)cnc23)c1. The summed E-state index contributed by atoms with van der Waals surface area (Å²) < 4.78 is 50.1. The monoisotopic (exact) mass is 518 g/mol. The fourth-order valence-electron chi connectivity index (χ4n) is 3.68. The quantitative estimate of drug-likeness (QED) is 0.249. The van der Waals surface area contributed by atoms with E-state index in [9.17, 15) is 13.2 Å². The van der Waals surface area contributed by atoms with E-state index >= 15 is 0 Å². The number of fused-ring (bicyclic) bond motifs is 1. The molecule has 190 valence electrons. The summed E-state index contributed by atoms with van der Waals surface area (Å²) in [5.41, 5.74) is 6.55. The summed E-state index contributed by atoms with van der Waals surface area (Å²) in [4.78, 5) is 8.88. The Hall–Kier alpha value is -3.60. The summed E-state index contributed by atoms with van der Waals surface area (Å²) in [7, 11) is 0. The summed E-state index contributed by atoms with van der Waals surface area (Å²) in [6.45, 7) is 2.17. The van der Waals surface area contributed by atoms with Crippen molar-refractivity contribution < 1.29 is 17.5 Å². The van der Waals surface area contributed by atoms with Crippen LogP contribution < -0.4 is 10.8 Å². The second-order valence-corrected chi connectivity index (χ2v) is 9.91. The van der Waals surface area contributed by atoms with E-state index in [4.69, 9.17) is 15.3 Å². The van der Waals surface area contributed by atoms with Crippen LogP contribution in [0.5, 0.6) is 0 Å². The maximum Gasteiger partial charge on any atom is 0.435 e. The number of aromatic nitrogens is 5. The van der Waals surface area contributed by atoms with Crippen LogP contribution in [0.1, 0.15) is 17.7 Å². The van der Waals surface area contributed by atoms with E-state index in [-0.39, 0.29) is 17.8 Å². The Kier molecular flexibility index (Phi) is 7.48. The van der Waals surface area contributed by atoms with E-state index in [0.717, 1.165) is 22.4 Å². The molecule has 3 heterocycles. The first kappa shape index (κ1) is 25.5. The van der Waals surface area contributed by atoms with Crippen molar-refractivity contribution in [2.45, 2.75) is 26.1 Å². The Morgan fingerprint density at radius 2 is 2.08 bits per heavy atom. The topological polar surface area (TPSA) is 110 Å². The van der Waals surface area contributed by atoms with Crippen molar-refractivity contribution in [3.8, 4) is 17.3 Å². The summed E-state index contributed by atoms with van der Waals surface area (Å²) in [6, 6.07) is 9.43. The molecule has 0 aliphatic rings. The standard InChI is InChI=1S/C23H25F3N8OS/c1-16-5-3-6-17(13-16)34(35-36(2)12-4-7-27)22-21-30-14-19(33(21)11-9-29-22)18-15-32(10-8-28)31-20(18)23(24,25)26/h3,5-6,9,11,13-15,36H,4,7,10,12,27H2,1-2H3. The maximum atomic E-state index is 13.8. The molecule has 3 aromatic heterocycles. The Bertz CT molecular complexity index is 1390. The molecule has 4 aromatic rings. The summed E-state index contributed by atoms with van der Waals surface area (Å²) in [6.07, 6.45) is 3.59. The third-order valence-corrected chi connectivity index (χ3v) is 6.66. The zero-order valence-corrected chi connectivity index (χ0v) is 20.5. The van der Waals surface area contributed by atoms with E-state index < -0.39 is 23.0 Å². The van der Waals surface area contributed by atoms with Gasteiger partial charge in [-0.25, -0.2) is 14.3 Å². The third kappa shape index (κ3) is 5.30. The van der Waals surface area contributed by atoms with Gasteiger partial charge < -0.3 is 5.73 Å². The van der Waals surface area contributed by atoms with Crippen molar-refractivity contribution in [1.29, 1.82) is 5.26 Å². The minimum Gasteiger partial charge on any atom is -0.330 e. The van der Waals surface area contributed by atoms with Crippen LogP contribution in [0.15, 0.2) is 49.1 Å². The zero-order chi connectivity index (χ0) is 25.9. The summed E-state index contributed by atoms with van der Waals surface area (Å²) in [5, 5.41) is 14.1. The van der Waals surface area contributed by atoms with E-state index in [1.54, 1.807) is 5.06 Å². The average Bonchev–Trinajstić information content (AvgIpc) is 3.45. The molecule has 0 spiro atoms. The van der Waals surface area contributed by atoms with E-state index in [0.29, 0.717) is 23.7 Å². The number of hydrogen-bond acceptors (Lipinski definition) is 7. The molecular weight excluding hydrogens is 493 g/mol. The van der Waals surface area contributed by atoms with Crippen LogP contribution in [0, 0.1) is 18.3 Å². The Morgan fingerprint density at radius 3 is 2.78 bits per heavy atom. The van der Waals surface area contributed by atoms with Gasteiger partial charge in [-0.3, -0.25) is 9.08 Å². The molecule has 36 heavy (non-hydrogen) atoms. The minimum atomic E-state index is -4.71. The van der Waals surface area contributed by atoms with Gasteiger partial charge in [0, 0.05) is 18.6 Å². The molecule has 13 heteroatoms. The highest BCUT2D eigenvalue weighted by molar-refractivity contribution is 8.12. The highest BCUT2D eigenvalue weighted by Gasteiger charge is 2.38. The lowest BCUT2D eigenvalue weighted by atomic mass is 10.2. The zero-order valence-electron chi connectivity index (χ0n) is 19.6. The number of thiol groups is 1. The van der Waals surface area contributed by atoms with Crippen LogP contribution in [-0.2, 0) is 17.0 Å². The molecule has 2 N–H and O–H groups in total. The lowest BCUT2D eigenvalue weighted by Crippen LogP contribution is -2.19. The molecule has 0 radical (unpaired) electrons. The first-order valence-electron chi connectivity index (χ1n) is 11.0. The van der Waals surface area contributed by atoms with Crippen molar-refractivity contribution in [2.75, 3.05) is 23.6 Å². The van der Waals surface area contributed by atoms with Crippen molar-refractivity contribution >= 4 is 28.3 Å². The number of anilines is 2. The highest BCUT2D eigenvalue weighted by Crippen LogP contribution is 2.39. The molecule has 0 aliphatic carbocycles. The van der Waals surface area contributed by atoms with E-state index in [1.807, 2.05) is 43.5 Å². The Morgan fingerprint density at radius 1 is 1.28 bits per heavy atom. The first-order chi connectivity index (χ1) is 17.2. The number of nitrogens with zero attached hydrogens (tertiary/aromatic N) is 7. The van der Waals surface area contributed by atoms with Gasteiger partial charge in [0.05, 0.1) is 29.2 Å². The molecule has 9 nitrogen and oxygen atoms in total. The van der Waals surface area contributed by atoms with Crippen LogP contribution >= 0.6 is 11.2 Å². The maximum absolute atomic E-state index is 13.8. The normalized spacial score (nSPS) is 13.1. The molecule has 0 aliphatic heterocycles. The molecule has 1 unspecified atom stereocenters. The second kappa shape index (κ2) is 10.6. The average molecular weight is 519 g/mol. The lowest BCUT2D eigenvalue weighted by Gasteiger charge is -2.28. The van der Waals surface area contributed by atoms with Gasteiger partial charge in [0.1, 0.15) is 6.54 Å². The smallest absolute Gasteiger partial charge is 0.330 e. The number of aryl methyl sites for hydroxylation is 1. The molecule has 4 rings (SSSR count). The number of imidazole rings is 1. The molecule has 1 aromatic carbocycles. The van der Waals surface area contributed by atoms with Crippen LogP contribution in [0.4, 0.5) is 24.7 Å². The van der Waals surface area contributed by atoms with E-state index in [1.165, 1.54) is 29.2 Å². The number of rotatable bonds is 9. The third-order valence-electron chi connectivity index (χ3n) is 5.27. The number of nitriles is 1. The van der Waals surface area contributed by atoms with Crippen LogP contribution in [-0.4, -0.2) is 42.7 Å². The van der Waals surface area contributed by atoms with Crippen molar-refractivity contribution in [1.82, 2.24) is 24.1 Å². The van der Waals surface area contributed by atoms with Gasteiger partial charge in [0.15, 0.2) is 11.3 Å². The van der Waals surface area contributed by atoms with Crippen molar-refractivity contribution in [2.24, 2.45) is 5.73 Å². The fourth-order valence-corrected chi connectivity index (χ4v) is 4.84.